The van der Waals surface area contributed by atoms with Crippen molar-refractivity contribution in [3.05, 3.63) is 0 Å². The highest BCUT2D eigenvalue weighted by molar-refractivity contribution is 7.53. The van der Waals surface area contributed by atoms with Gasteiger partial charge in [0, 0.05) is 0 Å². The molecule has 0 aliphatic rings. The van der Waals surface area contributed by atoms with E-state index >= 15 is 0 Å². The Labute approximate surface area is 95.2 Å². The van der Waals surface area contributed by atoms with E-state index in [0.717, 1.165) is 6.92 Å². The van der Waals surface area contributed by atoms with E-state index in [2.05, 4.69) is 0 Å². The monoisotopic (exact) mass is 294 g/mol. The lowest BCUT2D eigenvalue weighted by atomic mass is 10.5. The quantitative estimate of drug-likeness (QED) is 0.346. The van der Waals surface area contributed by atoms with Crippen molar-refractivity contribution in [2.45, 2.75) is 12.6 Å². The van der Waals surface area contributed by atoms with Gasteiger partial charge in [0.05, 0.1) is 0 Å². The van der Waals surface area contributed by atoms with Gasteiger partial charge in [-0.15, -0.1) is 0 Å². The molecule has 102 valence electrons. The summed E-state index contributed by atoms with van der Waals surface area (Å²) < 4.78 is 19.8. The number of hydrogen-bond acceptors (Lipinski definition) is 4. The van der Waals surface area contributed by atoms with Gasteiger partial charge < -0.3 is 29.8 Å². The van der Waals surface area contributed by atoms with Crippen molar-refractivity contribution in [3.8, 4) is 0 Å². The lowest BCUT2D eigenvalue weighted by Crippen LogP contribution is -2.15. The highest BCUT2D eigenvalue weighted by Crippen LogP contribution is 2.40. The van der Waals surface area contributed by atoms with Gasteiger partial charge >= 0.3 is 27.1 Å². The molecule has 0 aliphatic carbocycles. The molecule has 0 saturated heterocycles. The zero-order valence-corrected chi connectivity index (χ0v) is 10.3. The third kappa shape index (κ3) is 13.2. The highest BCUT2D eigenvalue weighted by Gasteiger charge is 2.30. The SMILES string of the molecule is CC(C(=O)O)P(=O)(O)O.O=C(O)CP(=O)(O)O. The average Bonchev–Trinajstić information content (AvgIpc) is 1.96. The summed E-state index contributed by atoms with van der Waals surface area (Å²) >= 11 is 0. The molecule has 12 heteroatoms. The molecule has 0 radical (unpaired) electrons. The molecule has 0 rings (SSSR count). The molecule has 1 unspecified atom stereocenters. The highest BCUT2D eigenvalue weighted by atomic mass is 31.2. The van der Waals surface area contributed by atoms with Crippen molar-refractivity contribution >= 4 is 27.1 Å². The summed E-state index contributed by atoms with van der Waals surface area (Å²) in [5.74, 6) is -2.97. The topological polar surface area (TPSA) is 190 Å². The van der Waals surface area contributed by atoms with E-state index in [4.69, 9.17) is 29.8 Å². The molecule has 0 spiro atoms. The maximum Gasteiger partial charge on any atom is 0.339 e. The van der Waals surface area contributed by atoms with Crippen LogP contribution in [0.25, 0.3) is 0 Å². The summed E-state index contributed by atoms with van der Waals surface area (Å²) in [6.07, 6.45) is -1.09. The molecule has 0 aromatic carbocycles. The van der Waals surface area contributed by atoms with Gasteiger partial charge in [0.2, 0.25) is 0 Å². The minimum absolute atomic E-state index is 0.961. The molecule has 6 N–H and O–H groups in total. The van der Waals surface area contributed by atoms with Gasteiger partial charge in [-0.1, -0.05) is 0 Å². The number of aliphatic carboxylic acids is 2. The van der Waals surface area contributed by atoms with Crippen LogP contribution in [-0.4, -0.2) is 53.5 Å². The summed E-state index contributed by atoms with van der Waals surface area (Å²) in [4.78, 5) is 51.6. The van der Waals surface area contributed by atoms with Crippen molar-refractivity contribution < 1.29 is 48.5 Å². The van der Waals surface area contributed by atoms with Gasteiger partial charge in [0.25, 0.3) is 0 Å². The zero-order chi connectivity index (χ0) is 14.4. The van der Waals surface area contributed by atoms with E-state index in [1.165, 1.54) is 0 Å². The number of carbonyl (C=O) groups is 2. The van der Waals surface area contributed by atoms with E-state index < -0.39 is 39.0 Å². The van der Waals surface area contributed by atoms with Crippen molar-refractivity contribution in [1.82, 2.24) is 0 Å². The molecule has 0 amide bonds. The molecular weight excluding hydrogens is 282 g/mol. The first-order chi connectivity index (χ1) is 7.27. The Hall–Kier alpha value is -0.760. The summed E-state index contributed by atoms with van der Waals surface area (Å²) in [5.41, 5.74) is -1.60. The van der Waals surface area contributed by atoms with Crippen LogP contribution in [0.3, 0.4) is 0 Å². The summed E-state index contributed by atoms with van der Waals surface area (Å²) in [5, 5.41) is 15.8. The zero-order valence-electron chi connectivity index (χ0n) is 8.50. The second-order valence-corrected chi connectivity index (χ2v) is 6.42. The van der Waals surface area contributed by atoms with Gasteiger partial charge in [-0.2, -0.15) is 0 Å². The molecule has 0 bridgehead atoms. The van der Waals surface area contributed by atoms with Crippen LogP contribution in [0.4, 0.5) is 0 Å². The molecule has 1 atom stereocenters. The maximum atomic E-state index is 10.1. The standard InChI is InChI=1S/C3H7O5P.C2H5O5P/c1-2(3(4)5)9(6,7)8;3-2(4)1-8(5,6)7/h2H,1H3,(H,4,5)(H2,6,7,8);1H2,(H,3,4)(H2,5,6,7). The number of carboxylic acid groups (broad SMARTS) is 2. The fourth-order valence-electron chi connectivity index (χ4n) is 0.320. The minimum Gasteiger partial charge on any atom is -0.481 e. The van der Waals surface area contributed by atoms with Gasteiger partial charge in [-0.3, -0.25) is 18.7 Å². The second-order valence-electron chi connectivity index (χ2n) is 2.82. The van der Waals surface area contributed by atoms with Crippen LogP contribution in [0, 0.1) is 0 Å². The number of hydrogen-bond donors (Lipinski definition) is 6. The molecule has 0 saturated carbocycles. The van der Waals surface area contributed by atoms with Crippen molar-refractivity contribution in [2.24, 2.45) is 0 Å². The number of carboxylic acids is 2. The van der Waals surface area contributed by atoms with Crippen LogP contribution in [0.5, 0.6) is 0 Å². The lowest BCUT2D eigenvalue weighted by molar-refractivity contribution is -0.137. The Bertz CT molecular complexity index is 363. The largest absolute Gasteiger partial charge is 0.481 e. The van der Waals surface area contributed by atoms with Crippen molar-refractivity contribution in [2.75, 3.05) is 6.16 Å². The van der Waals surface area contributed by atoms with E-state index in [1.54, 1.807) is 0 Å². The fourth-order valence-corrected chi connectivity index (χ4v) is 0.960. The first-order valence-corrected chi connectivity index (χ1v) is 7.29. The van der Waals surface area contributed by atoms with Crippen LogP contribution in [-0.2, 0) is 18.7 Å². The smallest absolute Gasteiger partial charge is 0.339 e. The first-order valence-electron chi connectivity index (χ1n) is 3.81. The third-order valence-electron chi connectivity index (χ3n) is 1.20. The molecule has 0 aliphatic heterocycles. The first kappa shape index (κ1) is 18.6. The Morgan fingerprint density at radius 1 is 1.06 bits per heavy atom. The predicted molar refractivity (Wildman–Crippen MR) is 53.7 cm³/mol. The summed E-state index contributed by atoms with van der Waals surface area (Å²) in [7, 11) is -8.73. The number of rotatable bonds is 4. The van der Waals surface area contributed by atoms with Crippen LogP contribution in [0.2, 0.25) is 0 Å². The van der Waals surface area contributed by atoms with Crippen molar-refractivity contribution in [1.29, 1.82) is 0 Å². The predicted octanol–water partition coefficient (Wildman–Crippen LogP) is -1.11. The molecular formula is C5H12O10P2. The van der Waals surface area contributed by atoms with Crippen LogP contribution in [0.1, 0.15) is 6.92 Å². The molecule has 0 aromatic heterocycles. The van der Waals surface area contributed by atoms with Gasteiger partial charge in [-0.25, -0.2) is 0 Å². The lowest BCUT2D eigenvalue weighted by Gasteiger charge is -2.06. The minimum atomic E-state index is -4.41. The average molecular weight is 294 g/mol. The molecule has 17 heavy (non-hydrogen) atoms. The van der Waals surface area contributed by atoms with E-state index in [-0.39, 0.29) is 0 Å². The van der Waals surface area contributed by atoms with Gasteiger partial charge in [0.1, 0.15) is 6.16 Å². The molecule has 0 aromatic rings. The molecule has 0 heterocycles. The summed E-state index contributed by atoms with van der Waals surface area (Å²) in [6.45, 7) is 0.961. The Morgan fingerprint density at radius 2 is 1.41 bits per heavy atom. The van der Waals surface area contributed by atoms with Crippen LogP contribution in [0.15, 0.2) is 0 Å². The van der Waals surface area contributed by atoms with Gasteiger partial charge in [-0.05, 0) is 6.92 Å². The Balaban J connectivity index is 0. The summed E-state index contributed by atoms with van der Waals surface area (Å²) in [6, 6.07) is 0. The third-order valence-corrected chi connectivity index (χ3v) is 3.12. The van der Waals surface area contributed by atoms with Crippen LogP contribution >= 0.6 is 15.2 Å². The van der Waals surface area contributed by atoms with Crippen LogP contribution < -0.4 is 0 Å². The van der Waals surface area contributed by atoms with E-state index in [1.807, 2.05) is 0 Å². The van der Waals surface area contributed by atoms with Crippen molar-refractivity contribution in [3.63, 3.8) is 0 Å². The Morgan fingerprint density at radius 3 is 1.41 bits per heavy atom. The fraction of sp³-hybridized carbons (Fsp3) is 0.600. The van der Waals surface area contributed by atoms with E-state index in [9.17, 15) is 18.7 Å². The normalized spacial score (nSPS) is 13.2. The second kappa shape index (κ2) is 6.85. The molecule has 10 nitrogen and oxygen atoms in total. The molecule has 0 fully saturated rings. The maximum absolute atomic E-state index is 10.1. The van der Waals surface area contributed by atoms with Gasteiger partial charge in [0.15, 0.2) is 5.66 Å². The van der Waals surface area contributed by atoms with E-state index in [0.29, 0.717) is 0 Å². The Kier molecular flexibility index (Phi) is 7.50.